The minimum absolute atomic E-state index is 0.112. The molecule has 6 nitrogen and oxygen atoms in total. The van der Waals surface area contributed by atoms with Gasteiger partial charge in [-0.2, -0.15) is 5.10 Å². The highest BCUT2D eigenvalue weighted by Gasteiger charge is 2.19. The van der Waals surface area contributed by atoms with Crippen LogP contribution in [0.4, 0.5) is 5.82 Å². The lowest BCUT2D eigenvalue weighted by Gasteiger charge is -2.11. The van der Waals surface area contributed by atoms with Gasteiger partial charge in [0.25, 0.3) is 5.91 Å². The van der Waals surface area contributed by atoms with Gasteiger partial charge >= 0.3 is 0 Å². The minimum atomic E-state index is -0.197. The van der Waals surface area contributed by atoms with Gasteiger partial charge in [-0.3, -0.25) is 9.59 Å². The molecule has 0 saturated carbocycles. The maximum Gasteiger partial charge on any atom is 0.251 e. The first-order chi connectivity index (χ1) is 13.9. The number of halogens is 1. The smallest absolute Gasteiger partial charge is 0.251 e. The first kappa shape index (κ1) is 20.6. The Kier molecular flexibility index (Phi) is 6.34. The number of anilines is 1. The molecule has 2 N–H and O–H groups in total. The fourth-order valence-corrected chi connectivity index (χ4v) is 3.18. The summed E-state index contributed by atoms with van der Waals surface area (Å²) in [7, 11) is 0. The first-order valence-electron chi connectivity index (χ1n) is 9.42. The fraction of sp³-hybridized carbons (Fsp3) is 0.227. The van der Waals surface area contributed by atoms with Crippen LogP contribution < -0.4 is 10.6 Å². The third-order valence-corrected chi connectivity index (χ3v) is 4.65. The summed E-state index contributed by atoms with van der Waals surface area (Å²) in [5, 5.41) is 11.0. The number of hydrogen-bond donors (Lipinski definition) is 2. The van der Waals surface area contributed by atoms with Gasteiger partial charge in [-0.1, -0.05) is 30.7 Å². The average molecular weight is 411 g/mol. The van der Waals surface area contributed by atoms with Gasteiger partial charge in [0.15, 0.2) is 0 Å². The zero-order valence-corrected chi connectivity index (χ0v) is 17.4. The van der Waals surface area contributed by atoms with E-state index in [1.54, 1.807) is 28.9 Å². The SMILES string of the molecule is CCCNC(=O)c1ccc(-n2nc(C)c(-c3ccc(Cl)cc3)c2NC(C)=O)cc1. The number of nitrogens with zero attached hydrogens (tertiary/aromatic N) is 2. The quantitative estimate of drug-likeness (QED) is 0.623. The third kappa shape index (κ3) is 4.66. The Balaban J connectivity index is 2.03. The van der Waals surface area contributed by atoms with Gasteiger partial charge in [-0.15, -0.1) is 0 Å². The van der Waals surface area contributed by atoms with Gasteiger partial charge in [0.2, 0.25) is 5.91 Å². The summed E-state index contributed by atoms with van der Waals surface area (Å²) >= 11 is 6.01. The van der Waals surface area contributed by atoms with Crippen LogP contribution in [0.15, 0.2) is 48.5 Å². The molecule has 2 aromatic carbocycles. The number of rotatable bonds is 6. The van der Waals surface area contributed by atoms with Crippen LogP contribution in [0.1, 0.15) is 36.3 Å². The van der Waals surface area contributed by atoms with Gasteiger partial charge in [0.05, 0.1) is 11.4 Å². The van der Waals surface area contributed by atoms with Crippen molar-refractivity contribution in [1.29, 1.82) is 0 Å². The van der Waals surface area contributed by atoms with E-state index in [1.165, 1.54) is 6.92 Å². The lowest BCUT2D eigenvalue weighted by atomic mass is 10.1. The Bertz CT molecular complexity index is 1020. The van der Waals surface area contributed by atoms with E-state index in [0.717, 1.165) is 28.9 Å². The van der Waals surface area contributed by atoms with E-state index in [9.17, 15) is 9.59 Å². The van der Waals surface area contributed by atoms with E-state index in [2.05, 4.69) is 15.7 Å². The molecule has 0 unspecified atom stereocenters. The van der Waals surface area contributed by atoms with Crippen LogP contribution in [0.3, 0.4) is 0 Å². The molecule has 0 saturated heterocycles. The molecule has 3 aromatic rings. The zero-order valence-electron chi connectivity index (χ0n) is 16.6. The molecule has 1 heterocycles. The summed E-state index contributed by atoms with van der Waals surface area (Å²) in [6.07, 6.45) is 0.879. The van der Waals surface area contributed by atoms with Crippen molar-refractivity contribution >= 4 is 29.2 Å². The predicted octanol–water partition coefficient (Wildman–Crippen LogP) is 4.60. The molecule has 0 radical (unpaired) electrons. The molecule has 0 fully saturated rings. The largest absolute Gasteiger partial charge is 0.352 e. The van der Waals surface area contributed by atoms with Crippen molar-refractivity contribution in [3.8, 4) is 16.8 Å². The Morgan fingerprint density at radius 2 is 1.72 bits per heavy atom. The van der Waals surface area contributed by atoms with Crippen molar-refractivity contribution < 1.29 is 9.59 Å². The van der Waals surface area contributed by atoms with Crippen LogP contribution >= 0.6 is 11.6 Å². The molecule has 29 heavy (non-hydrogen) atoms. The van der Waals surface area contributed by atoms with Crippen LogP contribution in [0.2, 0.25) is 5.02 Å². The highest BCUT2D eigenvalue weighted by atomic mass is 35.5. The summed E-state index contributed by atoms with van der Waals surface area (Å²) in [5.74, 6) is 0.261. The van der Waals surface area contributed by atoms with Gasteiger partial charge in [-0.05, 0) is 55.3 Å². The monoisotopic (exact) mass is 410 g/mol. The van der Waals surface area contributed by atoms with Gasteiger partial charge in [0.1, 0.15) is 5.82 Å². The van der Waals surface area contributed by atoms with Crippen molar-refractivity contribution in [2.24, 2.45) is 0 Å². The Morgan fingerprint density at radius 1 is 1.07 bits per heavy atom. The van der Waals surface area contributed by atoms with Crippen LogP contribution in [-0.4, -0.2) is 28.1 Å². The molecule has 0 atom stereocenters. The minimum Gasteiger partial charge on any atom is -0.352 e. The first-order valence-corrected chi connectivity index (χ1v) is 9.80. The second kappa shape index (κ2) is 8.92. The molecule has 150 valence electrons. The maximum absolute atomic E-state index is 12.1. The molecule has 0 bridgehead atoms. The molecular formula is C22H23ClN4O2. The number of benzene rings is 2. The van der Waals surface area contributed by atoms with Crippen molar-refractivity contribution in [3.63, 3.8) is 0 Å². The van der Waals surface area contributed by atoms with Crippen molar-refractivity contribution in [2.45, 2.75) is 27.2 Å². The highest BCUT2D eigenvalue weighted by molar-refractivity contribution is 6.30. The summed E-state index contributed by atoms with van der Waals surface area (Å²) in [5.41, 5.74) is 3.80. The molecule has 0 spiro atoms. The van der Waals surface area contributed by atoms with E-state index >= 15 is 0 Å². The number of nitrogens with one attached hydrogen (secondary N) is 2. The Morgan fingerprint density at radius 3 is 2.31 bits per heavy atom. The third-order valence-electron chi connectivity index (χ3n) is 4.40. The van der Waals surface area contributed by atoms with Crippen molar-refractivity contribution in [3.05, 3.63) is 64.8 Å². The highest BCUT2D eigenvalue weighted by Crippen LogP contribution is 2.34. The van der Waals surface area contributed by atoms with Gasteiger partial charge in [-0.25, -0.2) is 4.68 Å². The zero-order chi connectivity index (χ0) is 21.0. The van der Waals surface area contributed by atoms with Gasteiger partial charge in [0, 0.05) is 29.6 Å². The number of aromatic nitrogens is 2. The lowest BCUT2D eigenvalue weighted by molar-refractivity contribution is -0.114. The summed E-state index contributed by atoms with van der Waals surface area (Å²) in [6.45, 7) is 5.99. The van der Waals surface area contributed by atoms with Gasteiger partial charge < -0.3 is 10.6 Å². The number of hydrogen-bond acceptors (Lipinski definition) is 3. The van der Waals surface area contributed by atoms with Crippen molar-refractivity contribution in [1.82, 2.24) is 15.1 Å². The number of carbonyl (C=O) groups excluding carboxylic acids is 2. The normalized spacial score (nSPS) is 10.6. The summed E-state index contributed by atoms with van der Waals surface area (Å²) < 4.78 is 1.68. The molecular weight excluding hydrogens is 388 g/mol. The standard InChI is InChI=1S/C22H23ClN4O2/c1-4-13-24-22(29)17-7-11-19(12-8-17)27-21(25-15(3)28)20(14(2)26-27)16-5-9-18(23)10-6-16/h5-12H,4,13H2,1-3H3,(H,24,29)(H,25,28). The van der Waals surface area contributed by atoms with Crippen LogP contribution in [-0.2, 0) is 4.79 Å². The molecule has 0 aliphatic carbocycles. The number of amides is 2. The van der Waals surface area contributed by atoms with E-state index < -0.39 is 0 Å². The van der Waals surface area contributed by atoms with E-state index in [1.807, 2.05) is 38.1 Å². The number of aryl methyl sites for hydroxylation is 1. The van der Waals surface area contributed by atoms with Crippen LogP contribution in [0, 0.1) is 6.92 Å². The molecule has 0 aliphatic heterocycles. The average Bonchev–Trinajstić information content (AvgIpc) is 3.02. The predicted molar refractivity (Wildman–Crippen MR) is 116 cm³/mol. The van der Waals surface area contributed by atoms with E-state index in [4.69, 9.17) is 11.6 Å². The van der Waals surface area contributed by atoms with E-state index in [0.29, 0.717) is 22.9 Å². The topological polar surface area (TPSA) is 76.0 Å². The molecule has 7 heteroatoms. The second-order valence-electron chi connectivity index (χ2n) is 6.71. The lowest BCUT2D eigenvalue weighted by Crippen LogP contribution is -2.23. The Hall–Kier alpha value is -3.12. The van der Waals surface area contributed by atoms with E-state index in [-0.39, 0.29) is 11.8 Å². The molecule has 3 rings (SSSR count). The summed E-state index contributed by atoms with van der Waals surface area (Å²) in [6, 6.07) is 14.5. The van der Waals surface area contributed by atoms with Crippen LogP contribution in [0.5, 0.6) is 0 Å². The second-order valence-corrected chi connectivity index (χ2v) is 7.15. The molecule has 2 amide bonds. The van der Waals surface area contributed by atoms with Crippen LogP contribution in [0.25, 0.3) is 16.8 Å². The summed E-state index contributed by atoms with van der Waals surface area (Å²) in [4.78, 5) is 24.0. The number of carbonyl (C=O) groups is 2. The van der Waals surface area contributed by atoms with Crippen molar-refractivity contribution in [2.75, 3.05) is 11.9 Å². The fourth-order valence-electron chi connectivity index (χ4n) is 3.05. The molecule has 1 aromatic heterocycles. The Labute approximate surface area is 174 Å². The maximum atomic E-state index is 12.1. The molecule has 0 aliphatic rings.